The van der Waals surface area contributed by atoms with Gasteiger partial charge in [-0.05, 0) is 37.6 Å². The van der Waals surface area contributed by atoms with E-state index in [9.17, 15) is 14.7 Å². The predicted molar refractivity (Wildman–Crippen MR) is 99.3 cm³/mol. The molecular formula is C19H24N4O4. The molecule has 0 aliphatic carbocycles. The monoisotopic (exact) mass is 372 g/mol. The van der Waals surface area contributed by atoms with Crippen molar-refractivity contribution in [2.24, 2.45) is 7.05 Å². The fraction of sp³-hybridized carbons (Fsp3) is 0.421. The van der Waals surface area contributed by atoms with Crippen molar-refractivity contribution >= 4 is 17.5 Å². The Balaban J connectivity index is 1.70. The lowest BCUT2D eigenvalue weighted by Crippen LogP contribution is -2.51. The maximum atomic E-state index is 12.4. The highest BCUT2D eigenvalue weighted by molar-refractivity contribution is 6.03. The summed E-state index contributed by atoms with van der Waals surface area (Å²) >= 11 is 0. The van der Waals surface area contributed by atoms with Crippen molar-refractivity contribution in [1.82, 2.24) is 14.7 Å². The van der Waals surface area contributed by atoms with Crippen molar-refractivity contribution in [3.8, 4) is 0 Å². The summed E-state index contributed by atoms with van der Waals surface area (Å²) in [6, 6.07) is 8.22. The first-order chi connectivity index (χ1) is 12.9. The molecule has 2 amide bonds. The molecule has 27 heavy (non-hydrogen) atoms. The summed E-state index contributed by atoms with van der Waals surface area (Å²) < 4.78 is 6.82. The Morgan fingerprint density at radius 3 is 2.70 bits per heavy atom. The summed E-state index contributed by atoms with van der Waals surface area (Å²) in [5.74, 6) is -0.377. The molecule has 8 nitrogen and oxygen atoms in total. The maximum Gasteiger partial charge on any atom is 0.273 e. The molecule has 2 N–H and O–H groups in total. The number of nitrogens with zero attached hydrogens (tertiary/aromatic N) is 3. The topological polar surface area (TPSA) is 96.7 Å². The summed E-state index contributed by atoms with van der Waals surface area (Å²) in [5, 5.41) is 17.7. The number of rotatable bonds is 5. The molecule has 2 aromatic rings. The van der Waals surface area contributed by atoms with Gasteiger partial charge in [-0.15, -0.1) is 0 Å². The Morgan fingerprint density at radius 2 is 2.11 bits per heavy atom. The number of morpholine rings is 1. The van der Waals surface area contributed by atoms with Crippen LogP contribution < -0.4 is 5.32 Å². The highest BCUT2D eigenvalue weighted by Crippen LogP contribution is 2.25. The van der Waals surface area contributed by atoms with Crippen LogP contribution in [0.2, 0.25) is 0 Å². The smallest absolute Gasteiger partial charge is 0.273 e. The van der Waals surface area contributed by atoms with Gasteiger partial charge in [0.1, 0.15) is 18.4 Å². The van der Waals surface area contributed by atoms with Crippen LogP contribution in [-0.4, -0.2) is 57.4 Å². The van der Waals surface area contributed by atoms with E-state index >= 15 is 0 Å². The van der Waals surface area contributed by atoms with Crippen LogP contribution in [0.25, 0.3) is 0 Å². The largest absolute Gasteiger partial charge is 0.386 e. The number of benzene rings is 1. The maximum absolute atomic E-state index is 12.4. The van der Waals surface area contributed by atoms with Crippen LogP contribution >= 0.6 is 0 Å². The third-order valence-corrected chi connectivity index (χ3v) is 4.68. The minimum atomic E-state index is -0.862. The van der Waals surface area contributed by atoms with Crippen LogP contribution in [0.15, 0.2) is 30.3 Å². The fourth-order valence-electron chi connectivity index (χ4n) is 3.30. The summed E-state index contributed by atoms with van der Waals surface area (Å²) in [6.07, 6.45) is -0.862. The lowest BCUT2D eigenvalue weighted by Gasteiger charge is -2.37. The fourth-order valence-corrected chi connectivity index (χ4v) is 3.30. The van der Waals surface area contributed by atoms with Gasteiger partial charge in [-0.25, -0.2) is 0 Å². The molecule has 1 fully saturated rings. The molecule has 1 aliphatic heterocycles. The van der Waals surface area contributed by atoms with E-state index in [1.165, 1.54) is 4.68 Å². The summed E-state index contributed by atoms with van der Waals surface area (Å²) in [7, 11) is 1.72. The van der Waals surface area contributed by atoms with Crippen molar-refractivity contribution in [3.63, 3.8) is 0 Å². The minimum absolute atomic E-state index is 0.0511. The molecular weight excluding hydrogens is 348 g/mol. The first kappa shape index (κ1) is 19.1. The van der Waals surface area contributed by atoms with Crippen LogP contribution in [0.1, 0.15) is 34.8 Å². The van der Waals surface area contributed by atoms with Gasteiger partial charge in [0.05, 0.1) is 18.3 Å². The second-order valence-electron chi connectivity index (χ2n) is 6.58. The lowest BCUT2D eigenvalue weighted by atomic mass is 10.00. The summed E-state index contributed by atoms with van der Waals surface area (Å²) in [5.41, 5.74) is 2.50. The van der Waals surface area contributed by atoms with Gasteiger partial charge in [-0.2, -0.15) is 5.10 Å². The molecule has 1 saturated heterocycles. The summed E-state index contributed by atoms with van der Waals surface area (Å²) in [6.45, 7) is 4.56. The molecule has 2 heterocycles. The number of aliphatic hydroxyl groups is 1. The van der Waals surface area contributed by atoms with E-state index in [-0.39, 0.29) is 18.4 Å². The van der Waals surface area contributed by atoms with Gasteiger partial charge in [-0.1, -0.05) is 12.1 Å². The Hall–Kier alpha value is -2.71. The van der Waals surface area contributed by atoms with Crippen molar-refractivity contribution < 1.29 is 19.4 Å². The Morgan fingerprint density at radius 1 is 1.41 bits per heavy atom. The number of aromatic nitrogens is 2. The van der Waals surface area contributed by atoms with E-state index in [4.69, 9.17) is 4.74 Å². The Kier molecular flexibility index (Phi) is 5.57. The minimum Gasteiger partial charge on any atom is -0.386 e. The molecule has 144 valence electrons. The van der Waals surface area contributed by atoms with E-state index in [1.54, 1.807) is 42.3 Å². The van der Waals surface area contributed by atoms with Gasteiger partial charge in [0.15, 0.2) is 0 Å². The van der Waals surface area contributed by atoms with Gasteiger partial charge in [0, 0.05) is 19.3 Å². The average molecular weight is 372 g/mol. The van der Waals surface area contributed by atoms with Crippen LogP contribution in [-0.2, 0) is 16.6 Å². The van der Waals surface area contributed by atoms with Gasteiger partial charge in [0.2, 0.25) is 5.91 Å². The highest BCUT2D eigenvalue weighted by atomic mass is 16.5. The number of hydrogen-bond acceptors (Lipinski definition) is 5. The first-order valence-electron chi connectivity index (χ1n) is 8.88. The summed E-state index contributed by atoms with van der Waals surface area (Å²) in [4.78, 5) is 25.9. The van der Waals surface area contributed by atoms with Gasteiger partial charge >= 0.3 is 0 Å². The van der Waals surface area contributed by atoms with Crippen molar-refractivity contribution in [2.75, 3.05) is 25.1 Å². The van der Waals surface area contributed by atoms with E-state index in [0.717, 1.165) is 5.69 Å². The SMILES string of the molecule is CCN1C(=O)COC[C@@H]1[C@H](O)c1ccc(NC(=O)c2cc(C)nn2C)cc1. The van der Waals surface area contributed by atoms with E-state index in [1.807, 2.05) is 13.8 Å². The molecule has 1 aromatic carbocycles. The molecule has 0 radical (unpaired) electrons. The number of aryl methyl sites for hydroxylation is 2. The molecule has 3 rings (SSSR count). The van der Waals surface area contributed by atoms with E-state index in [2.05, 4.69) is 10.4 Å². The number of aliphatic hydroxyl groups excluding tert-OH is 1. The molecule has 0 spiro atoms. The zero-order valence-corrected chi connectivity index (χ0v) is 15.7. The Bertz CT molecular complexity index is 831. The first-order valence-corrected chi connectivity index (χ1v) is 8.88. The van der Waals surface area contributed by atoms with Gasteiger partial charge in [0.25, 0.3) is 5.91 Å². The van der Waals surface area contributed by atoms with Crippen LogP contribution in [0.5, 0.6) is 0 Å². The quantitative estimate of drug-likeness (QED) is 0.824. The zero-order chi connectivity index (χ0) is 19.6. The number of anilines is 1. The standard InChI is InChI=1S/C19H24N4O4/c1-4-23-16(10-27-11-17(23)24)18(25)13-5-7-14(8-6-13)20-19(26)15-9-12(2)21-22(15)3/h5-9,16,18,25H,4,10-11H2,1-3H3,(H,20,26)/t16-,18-/m1/s1. The zero-order valence-electron chi connectivity index (χ0n) is 15.7. The van der Waals surface area contributed by atoms with Crippen molar-refractivity contribution in [3.05, 3.63) is 47.3 Å². The number of ether oxygens (including phenoxy) is 1. The van der Waals surface area contributed by atoms with E-state index in [0.29, 0.717) is 30.1 Å². The molecule has 0 unspecified atom stereocenters. The van der Waals surface area contributed by atoms with Crippen LogP contribution in [0, 0.1) is 6.92 Å². The third kappa shape index (κ3) is 4.01. The number of nitrogens with one attached hydrogen (secondary N) is 1. The van der Waals surface area contributed by atoms with Crippen LogP contribution in [0.3, 0.4) is 0 Å². The predicted octanol–water partition coefficient (Wildman–Crippen LogP) is 1.26. The number of likely N-dealkylation sites (N-methyl/N-ethyl adjacent to an activating group) is 1. The number of hydrogen-bond donors (Lipinski definition) is 2. The van der Waals surface area contributed by atoms with Crippen molar-refractivity contribution in [2.45, 2.75) is 26.0 Å². The molecule has 8 heteroatoms. The molecule has 2 atom stereocenters. The van der Waals surface area contributed by atoms with Gasteiger partial charge in [-0.3, -0.25) is 14.3 Å². The van der Waals surface area contributed by atoms with Gasteiger partial charge < -0.3 is 20.1 Å². The molecule has 0 bridgehead atoms. The average Bonchev–Trinajstić information content (AvgIpc) is 3.00. The molecule has 0 saturated carbocycles. The second-order valence-corrected chi connectivity index (χ2v) is 6.58. The highest BCUT2D eigenvalue weighted by Gasteiger charge is 2.33. The number of amides is 2. The number of carbonyl (C=O) groups is 2. The van der Waals surface area contributed by atoms with Crippen molar-refractivity contribution in [1.29, 1.82) is 0 Å². The molecule has 1 aliphatic rings. The third-order valence-electron chi connectivity index (χ3n) is 4.68. The van der Waals surface area contributed by atoms with Crippen LogP contribution in [0.4, 0.5) is 5.69 Å². The normalized spacial score (nSPS) is 18.4. The lowest BCUT2D eigenvalue weighted by molar-refractivity contribution is -0.153. The number of carbonyl (C=O) groups excluding carboxylic acids is 2. The second kappa shape index (κ2) is 7.89. The molecule has 1 aromatic heterocycles. The Labute approximate surface area is 157 Å². The van der Waals surface area contributed by atoms with E-state index < -0.39 is 12.1 Å².